The molecule has 1 saturated carbocycles. The molecule has 0 spiro atoms. The van der Waals surface area contributed by atoms with Gasteiger partial charge < -0.3 is 23.7 Å². The Morgan fingerprint density at radius 1 is 0.717 bits per heavy atom. The monoisotopic (exact) mass is 732 g/mol. The number of ketones is 2. The molecule has 2 amide bonds. The van der Waals surface area contributed by atoms with E-state index in [1.807, 2.05) is 0 Å². The van der Waals surface area contributed by atoms with Gasteiger partial charge in [0, 0.05) is 23.7 Å². The number of rotatable bonds is 8. The van der Waals surface area contributed by atoms with Gasteiger partial charge in [-0.25, -0.2) is 19.2 Å². The SMILES string of the molecule is CC(C)(C)OC(=O)N1CCC[C@H]1C(=O)OCC(=O)c1ccc2c(c1)COCc1cc(C(=O)COC(=O)[C@@H]3[C@@H]4CC[C@H](C4)N3C(=O)OC(C)(C)C)ccc1-2. The number of Topliss-reactive ketones (excluding diaryl/α,β-unsaturated/α-hetero) is 2. The lowest BCUT2D eigenvalue weighted by atomic mass is 9.92. The van der Waals surface area contributed by atoms with E-state index in [1.54, 1.807) is 77.9 Å². The highest BCUT2D eigenvalue weighted by Gasteiger charge is 2.53. The van der Waals surface area contributed by atoms with Crippen molar-refractivity contribution in [1.82, 2.24) is 9.80 Å². The summed E-state index contributed by atoms with van der Waals surface area (Å²) in [4.78, 5) is 80.9. The number of carbonyl (C=O) groups excluding carboxylic acids is 6. The molecule has 1 aliphatic carbocycles. The highest BCUT2D eigenvalue weighted by Crippen LogP contribution is 2.43. The van der Waals surface area contributed by atoms with Crippen molar-refractivity contribution < 1.29 is 52.5 Å². The Bertz CT molecular complexity index is 1810. The first-order chi connectivity index (χ1) is 25.0. The molecule has 2 aromatic rings. The van der Waals surface area contributed by atoms with Crippen LogP contribution in [0.5, 0.6) is 0 Å². The number of likely N-dealkylation sites (tertiary alicyclic amines) is 2. The molecule has 3 fully saturated rings. The van der Waals surface area contributed by atoms with Crippen molar-refractivity contribution in [3.63, 3.8) is 0 Å². The fraction of sp³-hybridized carbons (Fsp3) is 0.550. The maximum atomic E-state index is 13.2. The summed E-state index contributed by atoms with van der Waals surface area (Å²) in [6.07, 6.45) is 2.24. The summed E-state index contributed by atoms with van der Waals surface area (Å²) < 4.78 is 27.8. The van der Waals surface area contributed by atoms with Crippen molar-refractivity contribution in [2.75, 3.05) is 19.8 Å². The molecule has 284 valence electrons. The Hall–Kier alpha value is -4.78. The van der Waals surface area contributed by atoms with Crippen LogP contribution in [0.2, 0.25) is 0 Å². The van der Waals surface area contributed by atoms with E-state index in [4.69, 9.17) is 23.7 Å². The lowest BCUT2D eigenvalue weighted by Gasteiger charge is -2.35. The highest BCUT2D eigenvalue weighted by atomic mass is 16.6. The molecule has 3 aliphatic heterocycles. The number of benzene rings is 2. The normalized spacial score (nSPS) is 22.0. The molecule has 0 aromatic heterocycles. The van der Waals surface area contributed by atoms with Gasteiger partial charge in [0.15, 0.2) is 24.8 Å². The Morgan fingerprint density at radius 3 is 1.83 bits per heavy atom. The Morgan fingerprint density at radius 2 is 1.26 bits per heavy atom. The van der Waals surface area contributed by atoms with Crippen LogP contribution in [0.15, 0.2) is 36.4 Å². The molecule has 2 saturated heterocycles. The van der Waals surface area contributed by atoms with E-state index in [0.29, 0.717) is 36.9 Å². The Balaban J connectivity index is 1.06. The van der Waals surface area contributed by atoms with Crippen LogP contribution in [-0.4, -0.2) is 94.6 Å². The second kappa shape index (κ2) is 14.9. The van der Waals surface area contributed by atoms with Gasteiger partial charge in [-0.2, -0.15) is 0 Å². The van der Waals surface area contributed by atoms with Crippen LogP contribution in [0.25, 0.3) is 11.1 Å². The lowest BCUT2D eigenvalue weighted by Crippen LogP contribution is -2.51. The van der Waals surface area contributed by atoms with Gasteiger partial charge in [0.1, 0.15) is 23.3 Å². The number of hydrogen-bond donors (Lipinski definition) is 0. The van der Waals surface area contributed by atoms with E-state index in [0.717, 1.165) is 35.1 Å². The minimum absolute atomic E-state index is 0.0284. The zero-order valence-electron chi connectivity index (χ0n) is 31.2. The van der Waals surface area contributed by atoms with E-state index in [9.17, 15) is 28.8 Å². The third-order valence-electron chi connectivity index (χ3n) is 9.93. The lowest BCUT2D eigenvalue weighted by molar-refractivity contribution is -0.150. The zero-order chi connectivity index (χ0) is 38.2. The molecule has 4 atom stereocenters. The van der Waals surface area contributed by atoms with Crippen molar-refractivity contribution in [3.05, 3.63) is 58.7 Å². The van der Waals surface area contributed by atoms with E-state index in [2.05, 4.69) is 0 Å². The summed E-state index contributed by atoms with van der Waals surface area (Å²) in [7, 11) is 0. The average Bonchev–Trinajstić information content (AvgIpc) is 3.83. The van der Waals surface area contributed by atoms with Gasteiger partial charge in [-0.3, -0.25) is 19.4 Å². The molecular weight excluding hydrogens is 684 g/mol. The van der Waals surface area contributed by atoms with E-state index >= 15 is 0 Å². The number of fused-ring (bicyclic) bond motifs is 5. The third kappa shape index (κ3) is 8.56. The molecule has 3 heterocycles. The number of hydrogen-bond acceptors (Lipinski definition) is 11. The number of carbonyl (C=O) groups is 6. The van der Waals surface area contributed by atoms with Crippen molar-refractivity contribution in [3.8, 4) is 11.1 Å². The summed E-state index contributed by atoms with van der Waals surface area (Å²) >= 11 is 0. The number of amides is 2. The Labute approximate surface area is 309 Å². The molecule has 53 heavy (non-hydrogen) atoms. The third-order valence-corrected chi connectivity index (χ3v) is 9.93. The summed E-state index contributed by atoms with van der Waals surface area (Å²) in [6.45, 7) is 10.4. The van der Waals surface area contributed by atoms with E-state index < -0.39 is 66.4 Å². The van der Waals surface area contributed by atoms with Gasteiger partial charge in [0.05, 0.1) is 13.2 Å². The van der Waals surface area contributed by atoms with Gasteiger partial charge in [0.2, 0.25) is 0 Å². The van der Waals surface area contributed by atoms with Crippen LogP contribution < -0.4 is 0 Å². The summed E-state index contributed by atoms with van der Waals surface area (Å²) in [5.41, 5.74) is 2.43. The number of esters is 2. The molecule has 2 bridgehead atoms. The van der Waals surface area contributed by atoms with Crippen molar-refractivity contribution in [2.24, 2.45) is 5.92 Å². The predicted octanol–water partition coefficient (Wildman–Crippen LogP) is 6.02. The van der Waals surface area contributed by atoms with Crippen LogP contribution in [0, 0.1) is 5.92 Å². The molecule has 13 nitrogen and oxygen atoms in total. The number of piperidine rings is 1. The van der Waals surface area contributed by atoms with Crippen molar-refractivity contribution in [2.45, 2.75) is 116 Å². The molecule has 13 heteroatoms. The maximum Gasteiger partial charge on any atom is 0.411 e. The van der Waals surface area contributed by atoms with Gasteiger partial charge in [-0.1, -0.05) is 24.3 Å². The molecule has 6 rings (SSSR count). The molecular formula is C40H48N2O11. The maximum absolute atomic E-state index is 13.2. The number of nitrogens with zero attached hydrogens (tertiary/aromatic N) is 2. The van der Waals surface area contributed by atoms with Crippen LogP contribution in [-0.2, 0) is 46.5 Å². The quantitative estimate of drug-likeness (QED) is 0.178. The van der Waals surface area contributed by atoms with Crippen LogP contribution in [0.1, 0.15) is 105 Å². The minimum atomic E-state index is -0.810. The Kier molecular flexibility index (Phi) is 10.7. The smallest absolute Gasteiger partial charge is 0.411 e. The summed E-state index contributed by atoms with van der Waals surface area (Å²) in [6, 6.07) is 8.67. The highest BCUT2D eigenvalue weighted by molar-refractivity contribution is 6.00. The van der Waals surface area contributed by atoms with Crippen LogP contribution in [0.3, 0.4) is 0 Å². The molecule has 2 aromatic carbocycles. The second-order valence-electron chi connectivity index (χ2n) is 16.2. The fourth-order valence-electron chi connectivity index (χ4n) is 7.61. The largest absolute Gasteiger partial charge is 0.456 e. The van der Waals surface area contributed by atoms with Crippen LogP contribution >= 0.6 is 0 Å². The average molecular weight is 733 g/mol. The van der Waals surface area contributed by atoms with Gasteiger partial charge in [-0.15, -0.1) is 0 Å². The molecule has 0 unspecified atom stereocenters. The first kappa shape index (κ1) is 38.0. The van der Waals surface area contributed by atoms with E-state index in [1.165, 1.54) is 9.80 Å². The van der Waals surface area contributed by atoms with E-state index in [-0.39, 0.29) is 31.0 Å². The molecule has 0 N–H and O–H groups in total. The fourth-order valence-corrected chi connectivity index (χ4v) is 7.61. The van der Waals surface area contributed by atoms with Gasteiger partial charge in [0.25, 0.3) is 0 Å². The summed E-state index contributed by atoms with van der Waals surface area (Å²) in [5, 5.41) is 0. The standard InChI is InChI=1S/C40H48N2O11/c1-39(2,3)52-37(47)41-15-7-8-31(41)35(45)50-21-32(43)23-10-13-29-26(16-23)19-49-20-27-17-24(11-14-30(27)29)33(44)22-51-36(46)34-25-9-12-28(18-25)42(34)38(48)53-40(4,5)6/h10-11,13-14,16-17,25,28,31,34H,7-9,12,15,18-22H2,1-6H3/t25-,28-,31+,34+/m1/s1. The van der Waals surface area contributed by atoms with Crippen molar-refractivity contribution in [1.29, 1.82) is 0 Å². The minimum Gasteiger partial charge on any atom is -0.456 e. The van der Waals surface area contributed by atoms with Gasteiger partial charge in [-0.05, 0) is 114 Å². The first-order valence-electron chi connectivity index (χ1n) is 18.2. The first-order valence-corrected chi connectivity index (χ1v) is 18.2. The van der Waals surface area contributed by atoms with Crippen LogP contribution in [0.4, 0.5) is 9.59 Å². The van der Waals surface area contributed by atoms with Gasteiger partial charge >= 0.3 is 24.1 Å². The number of ether oxygens (including phenoxy) is 5. The predicted molar refractivity (Wildman–Crippen MR) is 190 cm³/mol. The van der Waals surface area contributed by atoms with Crippen molar-refractivity contribution >= 4 is 35.7 Å². The summed E-state index contributed by atoms with van der Waals surface area (Å²) in [5.74, 6) is -2.08. The molecule has 0 radical (unpaired) electrons. The topological polar surface area (TPSA) is 155 Å². The second-order valence-corrected chi connectivity index (χ2v) is 16.2. The molecule has 4 aliphatic rings. The zero-order valence-corrected chi connectivity index (χ0v) is 31.2.